The standard InChI is InChI=1S/C19H19N3O4S2/c1-13-4-5-14(18(23)26-3)12-17(13)28(24,25)21-15-6-8-16(9-7-15)27-19-20-10-11-22(19)2/h4-12,21H,1-3H3. The molecular weight excluding hydrogens is 398 g/mol. The second-order valence-corrected chi connectivity index (χ2v) is 8.72. The van der Waals surface area contributed by atoms with Crippen molar-refractivity contribution in [2.75, 3.05) is 11.8 Å². The molecule has 3 rings (SSSR count). The Kier molecular flexibility index (Phi) is 5.76. The van der Waals surface area contributed by atoms with Gasteiger partial charge in [0.05, 0.1) is 17.6 Å². The molecule has 0 fully saturated rings. The molecule has 9 heteroatoms. The number of carbonyl (C=O) groups excluding carboxylic acids is 1. The molecule has 0 aliphatic carbocycles. The lowest BCUT2D eigenvalue weighted by Crippen LogP contribution is -2.15. The minimum atomic E-state index is -3.86. The van der Waals surface area contributed by atoms with Gasteiger partial charge in [-0.25, -0.2) is 18.2 Å². The van der Waals surface area contributed by atoms with E-state index in [1.54, 1.807) is 31.3 Å². The molecule has 0 saturated heterocycles. The number of hydrogen-bond donors (Lipinski definition) is 1. The van der Waals surface area contributed by atoms with Gasteiger partial charge in [-0.3, -0.25) is 4.72 Å². The van der Waals surface area contributed by atoms with E-state index in [-0.39, 0.29) is 10.5 Å². The lowest BCUT2D eigenvalue weighted by atomic mass is 10.1. The predicted octanol–water partition coefficient (Wildman–Crippen LogP) is 3.47. The second kappa shape index (κ2) is 8.07. The van der Waals surface area contributed by atoms with Crippen LogP contribution in [0.2, 0.25) is 0 Å². The van der Waals surface area contributed by atoms with Crippen LogP contribution in [-0.2, 0) is 21.8 Å². The first kappa shape index (κ1) is 20.0. The molecule has 0 atom stereocenters. The van der Waals surface area contributed by atoms with Crippen LogP contribution in [-0.4, -0.2) is 31.0 Å². The fraction of sp³-hybridized carbons (Fsp3) is 0.158. The molecule has 0 spiro atoms. The maximum Gasteiger partial charge on any atom is 0.337 e. The lowest BCUT2D eigenvalue weighted by molar-refractivity contribution is 0.0600. The number of benzene rings is 2. The highest BCUT2D eigenvalue weighted by atomic mass is 32.2. The largest absolute Gasteiger partial charge is 0.465 e. The van der Waals surface area contributed by atoms with Gasteiger partial charge in [0, 0.05) is 30.0 Å². The molecule has 7 nitrogen and oxygen atoms in total. The van der Waals surface area contributed by atoms with E-state index in [4.69, 9.17) is 0 Å². The van der Waals surface area contributed by atoms with Crippen LogP contribution in [0.1, 0.15) is 15.9 Å². The third-order valence-corrected chi connectivity index (χ3v) is 6.60. The van der Waals surface area contributed by atoms with Crippen LogP contribution < -0.4 is 4.72 Å². The Bertz CT molecular complexity index is 1110. The number of methoxy groups -OCH3 is 1. The molecule has 3 aromatic rings. The maximum atomic E-state index is 12.8. The first-order valence-electron chi connectivity index (χ1n) is 8.27. The normalized spacial score (nSPS) is 11.2. The third-order valence-electron chi connectivity index (χ3n) is 3.99. The van der Waals surface area contributed by atoms with Crippen LogP contribution in [0.25, 0.3) is 0 Å². The van der Waals surface area contributed by atoms with Crippen molar-refractivity contribution in [2.45, 2.75) is 21.9 Å². The summed E-state index contributed by atoms with van der Waals surface area (Å²) in [6, 6.07) is 11.4. The highest BCUT2D eigenvalue weighted by Gasteiger charge is 2.19. The minimum Gasteiger partial charge on any atom is -0.465 e. The molecule has 146 valence electrons. The van der Waals surface area contributed by atoms with Gasteiger partial charge in [-0.2, -0.15) is 0 Å². The van der Waals surface area contributed by atoms with Gasteiger partial charge >= 0.3 is 5.97 Å². The van der Waals surface area contributed by atoms with Crippen molar-refractivity contribution in [1.29, 1.82) is 0 Å². The Hall–Kier alpha value is -2.78. The minimum absolute atomic E-state index is 0.0295. The Morgan fingerprint density at radius 1 is 1.18 bits per heavy atom. The second-order valence-electron chi connectivity index (χ2n) is 6.02. The number of ether oxygens (including phenoxy) is 1. The number of nitrogens with zero attached hydrogens (tertiary/aromatic N) is 2. The number of aromatic nitrogens is 2. The summed E-state index contributed by atoms with van der Waals surface area (Å²) in [5.74, 6) is -0.591. The number of carbonyl (C=O) groups is 1. The van der Waals surface area contributed by atoms with E-state index >= 15 is 0 Å². The average molecular weight is 418 g/mol. The highest BCUT2D eigenvalue weighted by molar-refractivity contribution is 7.99. The van der Waals surface area contributed by atoms with Crippen molar-refractivity contribution >= 4 is 33.4 Å². The van der Waals surface area contributed by atoms with E-state index in [9.17, 15) is 13.2 Å². The molecule has 0 bridgehead atoms. The molecule has 0 amide bonds. The number of nitrogens with one attached hydrogen (secondary N) is 1. The zero-order valence-corrected chi connectivity index (χ0v) is 17.2. The van der Waals surface area contributed by atoms with E-state index in [1.165, 1.54) is 31.0 Å². The van der Waals surface area contributed by atoms with Crippen molar-refractivity contribution in [3.05, 3.63) is 66.0 Å². The fourth-order valence-corrected chi connectivity index (χ4v) is 4.62. The Morgan fingerprint density at radius 2 is 1.89 bits per heavy atom. The molecule has 0 radical (unpaired) electrons. The summed E-state index contributed by atoms with van der Waals surface area (Å²) < 4.78 is 34.7. The predicted molar refractivity (Wildman–Crippen MR) is 107 cm³/mol. The molecule has 0 unspecified atom stereocenters. The first-order chi connectivity index (χ1) is 13.3. The molecule has 1 N–H and O–H groups in total. The molecule has 28 heavy (non-hydrogen) atoms. The van der Waals surface area contributed by atoms with Gasteiger partial charge in [0.1, 0.15) is 0 Å². The van der Waals surface area contributed by atoms with Crippen molar-refractivity contribution in [2.24, 2.45) is 7.05 Å². The number of imidazole rings is 1. The average Bonchev–Trinajstić information content (AvgIpc) is 3.07. The van der Waals surface area contributed by atoms with Crippen molar-refractivity contribution < 1.29 is 17.9 Å². The van der Waals surface area contributed by atoms with Crippen LogP contribution in [0.4, 0.5) is 5.69 Å². The van der Waals surface area contributed by atoms with Crippen LogP contribution in [0.3, 0.4) is 0 Å². The van der Waals surface area contributed by atoms with Gasteiger partial charge in [-0.05, 0) is 48.9 Å². The smallest absolute Gasteiger partial charge is 0.337 e. The zero-order chi connectivity index (χ0) is 20.3. The Labute approximate surface area is 167 Å². The summed E-state index contributed by atoms with van der Waals surface area (Å²) >= 11 is 1.48. The van der Waals surface area contributed by atoms with Crippen molar-refractivity contribution in [3.63, 3.8) is 0 Å². The Morgan fingerprint density at radius 3 is 2.50 bits per heavy atom. The number of rotatable bonds is 6. The van der Waals surface area contributed by atoms with Crippen molar-refractivity contribution in [1.82, 2.24) is 9.55 Å². The van der Waals surface area contributed by atoms with Gasteiger partial charge in [0.15, 0.2) is 5.16 Å². The van der Waals surface area contributed by atoms with E-state index in [0.717, 1.165) is 10.1 Å². The summed E-state index contributed by atoms with van der Waals surface area (Å²) in [6.45, 7) is 1.67. The monoisotopic (exact) mass is 417 g/mol. The van der Waals surface area contributed by atoms with Gasteiger partial charge in [0.2, 0.25) is 0 Å². The summed E-state index contributed by atoms with van der Waals surface area (Å²) in [5.41, 5.74) is 1.13. The van der Waals surface area contributed by atoms with Crippen LogP contribution >= 0.6 is 11.8 Å². The van der Waals surface area contributed by atoms with Crippen LogP contribution in [0.5, 0.6) is 0 Å². The van der Waals surface area contributed by atoms with E-state index < -0.39 is 16.0 Å². The molecule has 1 heterocycles. The summed E-state index contributed by atoms with van der Waals surface area (Å²) in [4.78, 5) is 16.9. The topological polar surface area (TPSA) is 90.3 Å². The van der Waals surface area contributed by atoms with Crippen LogP contribution in [0, 0.1) is 6.92 Å². The Balaban J connectivity index is 1.81. The van der Waals surface area contributed by atoms with E-state index in [2.05, 4.69) is 14.4 Å². The van der Waals surface area contributed by atoms with Gasteiger partial charge in [-0.1, -0.05) is 17.8 Å². The summed E-state index contributed by atoms with van der Waals surface area (Å²) in [7, 11) is -0.704. The van der Waals surface area contributed by atoms with Gasteiger partial charge in [-0.15, -0.1) is 0 Å². The van der Waals surface area contributed by atoms with Crippen molar-refractivity contribution in [3.8, 4) is 0 Å². The number of sulfonamides is 1. The molecule has 1 aromatic heterocycles. The summed E-state index contributed by atoms with van der Waals surface area (Å²) in [6.07, 6.45) is 3.57. The number of aryl methyl sites for hydroxylation is 2. The SMILES string of the molecule is COC(=O)c1ccc(C)c(S(=O)(=O)Nc2ccc(Sc3nccn3C)cc2)c1. The van der Waals surface area contributed by atoms with E-state index in [1.807, 2.05) is 29.9 Å². The third kappa shape index (κ3) is 4.37. The van der Waals surface area contributed by atoms with Gasteiger partial charge < -0.3 is 9.30 Å². The number of hydrogen-bond acceptors (Lipinski definition) is 6. The summed E-state index contributed by atoms with van der Waals surface area (Å²) in [5, 5.41) is 0.837. The fourth-order valence-electron chi connectivity index (χ4n) is 2.49. The molecule has 0 aliphatic rings. The highest BCUT2D eigenvalue weighted by Crippen LogP contribution is 2.28. The van der Waals surface area contributed by atoms with Gasteiger partial charge in [0.25, 0.3) is 10.0 Å². The van der Waals surface area contributed by atoms with E-state index in [0.29, 0.717) is 11.3 Å². The molecule has 0 saturated carbocycles. The molecular formula is C19H19N3O4S2. The quantitative estimate of drug-likeness (QED) is 0.618. The lowest BCUT2D eigenvalue weighted by Gasteiger charge is -2.12. The number of esters is 1. The zero-order valence-electron chi connectivity index (χ0n) is 15.5. The maximum absolute atomic E-state index is 12.8. The molecule has 0 aliphatic heterocycles. The number of anilines is 1. The first-order valence-corrected chi connectivity index (χ1v) is 10.6. The molecule has 2 aromatic carbocycles. The van der Waals surface area contributed by atoms with Crippen LogP contribution in [0.15, 0.2) is 69.8 Å².